The van der Waals surface area contributed by atoms with Crippen molar-refractivity contribution in [1.82, 2.24) is 19.8 Å². The molecule has 0 spiro atoms. The van der Waals surface area contributed by atoms with Gasteiger partial charge in [-0.15, -0.1) is 0 Å². The van der Waals surface area contributed by atoms with Crippen molar-refractivity contribution in [3.05, 3.63) is 47.7 Å². The fourth-order valence-corrected chi connectivity index (χ4v) is 3.80. The van der Waals surface area contributed by atoms with Gasteiger partial charge >= 0.3 is 0 Å². The number of hydrogen-bond acceptors (Lipinski definition) is 6. The second kappa shape index (κ2) is 10.5. The van der Waals surface area contributed by atoms with Gasteiger partial charge in [0.15, 0.2) is 0 Å². The first kappa shape index (κ1) is 23.6. The summed E-state index contributed by atoms with van der Waals surface area (Å²) in [5.74, 6) is 0.895. The van der Waals surface area contributed by atoms with Gasteiger partial charge in [0.2, 0.25) is 11.8 Å². The predicted molar refractivity (Wildman–Crippen MR) is 122 cm³/mol. The lowest BCUT2D eigenvalue weighted by Crippen LogP contribution is -2.38. The highest BCUT2D eigenvalue weighted by atomic mass is 19.1. The summed E-state index contributed by atoms with van der Waals surface area (Å²) >= 11 is 0. The van der Waals surface area contributed by atoms with Crippen molar-refractivity contribution in [2.45, 2.75) is 32.2 Å². The number of anilines is 2. The lowest BCUT2D eigenvalue weighted by atomic mass is 9.97. The van der Waals surface area contributed by atoms with E-state index >= 15 is 0 Å². The van der Waals surface area contributed by atoms with Gasteiger partial charge < -0.3 is 15.1 Å². The van der Waals surface area contributed by atoms with E-state index in [1.54, 1.807) is 19.1 Å². The van der Waals surface area contributed by atoms with Crippen molar-refractivity contribution in [3.8, 4) is 0 Å². The standard InChI is InChI=1S/C23H31FN6O2/c1-16(31)30-11-7-8-17(13-30)23-25-18(12-21(27-23)28(2)3)14-29(4)15-22(32)26-20-10-6-5-9-19(20)24/h5-6,9-10,12,17H,7-8,11,13-15H2,1-4H3,(H,26,32). The average molecular weight is 443 g/mol. The fraction of sp³-hybridized carbons (Fsp3) is 0.478. The second-order valence-electron chi connectivity index (χ2n) is 8.47. The van der Waals surface area contributed by atoms with Gasteiger partial charge in [-0.05, 0) is 32.0 Å². The van der Waals surface area contributed by atoms with Crippen LogP contribution in [0.5, 0.6) is 0 Å². The number of halogens is 1. The number of aromatic nitrogens is 2. The Kier molecular flexibility index (Phi) is 7.74. The minimum absolute atomic E-state index is 0.0688. The number of rotatable bonds is 7. The van der Waals surface area contributed by atoms with Gasteiger partial charge in [-0.2, -0.15) is 0 Å². The predicted octanol–water partition coefficient (Wildman–Crippen LogP) is 2.48. The van der Waals surface area contributed by atoms with E-state index in [0.29, 0.717) is 13.1 Å². The van der Waals surface area contributed by atoms with Crippen LogP contribution in [0.3, 0.4) is 0 Å². The Labute approximate surface area is 188 Å². The molecular formula is C23H31FN6O2. The summed E-state index contributed by atoms with van der Waals surface area (Å²) in [4.78, 5) is 39.3. The molecule has 0 saturated carbocycles. The molecule has 1 atom stereocenters. The minimum atomic E-state index is -0.466. The van der Waals surface area contributed by atoms with Crippen LogP contribution >= 0.6 is 0 Å². The van der Waals surface area contributed by atoms with Crippen LogP contribution < -0.4 is 10.2 Å². The van der Waals surface area contributed by atoms with Gasteiger partial charge in [0, 0.05) is 52.6 Å². The smallest absolute Gasteiger partial charge is 0.238 e. The van der Waals surface area contributed by atoms with Crippen LogP contribution in [0.25, 0.3) is 0 Å². The van der Waals surface area contributed by atoms with E-state index in [2.05, 4.69) is 5.32 Å². The van der Waals surface area contributed by atoms with E-state index in [9.17, 15) is 14.0 Å². The van der Waals surface area contributed by atoms with Crippen molar-refractivity contribution >= 4 is 23.3 Å². The Morgan fingerprint density at radius 2 is 1.97 bits per heavy atom. The summed E-state index contributed by atoms with van der Waals surface area (Å²) < 4.78 is 13.8. The summed E-state index contributed by atoms with van der Waals surface area (Å²) in [7, 11) is 5.66. The zero-order valence-electron chi connectivity index (χ0n) is 19.1. The van der Waals surface area contributed by atoms with E-state index in [1.165, 1.54) is 12.1 Å². The van der Waals surface area contributed by atoms with Crippen LogP contribution in [-0.2, 0) is 16.1 Å². The molecule has 8 nitrogen and oxygen atoms in total. The lowest BCUT2D eigenvalue weighted by molar-refractivity contribution is -0.130. The Bertz CT molecular complexity index is 967. The van der Waals surface area contributed by atoms with E-state index in [1.807, 2.05) is 41.9 Å². The number of piperidine rings is 1. The topological polar surface area (TPSA) is 81.7 Å². The van der Waals surface area contributed by atoms with Gasteiger partial charge in [-0.3, -0.25) is 14.5 Å². The molecule has 1 aromatic heterocycles. The third-order valence-corrected chi connectivity index (χ3v) is 5.47. The molecule has 0 radical (unpaired) electrons. The molecule has 1 unspecified atom stereocenters. The highest BCUT2D eigenvalue weighted by Crippen LogP contribution is 2.26. The van der Waals surface area contributed by atoms with E-state index < -0.39 is 5.82 Å². The SMILES string of the molecule is CC(=O)N1CCCC(c2nc(CN(C)CC(=O)Nc3ccccc3F)cc(N(C)C)n2)C1. The number of hydrogen-bond donors (Lipinski definition) is 1. The summed E-state index contributed by atoms with van der Waals surface area (Å²) in [5, 5.41) is 2.60. The minimum Gasteiger partial charge on any atom is -0.363 e. The molecule has 0 bridgehead atoms. The van der Waals surface area contributed by atoms with Crippen LogP contribution in [-0.4, -0.2) is 72.4 Å². The largest absolute Gasteiger partial charge is 0.363 e. The number of likely N-dealkylation sites (tertiary alicyclic amines) is 1. The third-order valence-electron chi connectivity index (χ3n) is 5.47. The first-order valence-electron chi connectivity index (χ1n) is 10.8. The van der Waals surface area contributed by atoms with Crippen LogP contribution in [0.1, 0.15) is 37.2 Å². The molecular weight excluding hydrogens is 411 g/mol. The van der Waals surface area contributed by atoms with Crippen molar-refractivity contribution in [3.63, 3.8) is 0 Å². The number of nitrogens with one attached hydrogen (secondary N) is 1. The molecule has 32 heavy (non-hydrogen) atoms. The number of carbonyl (C=O) groups excluding carboxylic acids is 2. The molecule has 9 heteroatoms. The normalized spacial score (nSPS) is 16.2. The number of para-hydroxylation sites is 1. The van der Waals surface area contributed by atoms with Gasteiger partial charge in [0.05, 0.1) is 17.9 Å². The van der Waals surface area contributed by atoms with Gasteiger partial charge in [0.1, 0.15) is 17.5 Å². The quantitative estimate of drug-likeness (QED) is 0.710. The van der Waals surface area contributed by atoms with Crippen molar-refractivity contribution in [2.75, 3.05) is 51.0 Å². The second-order valence-corrected chi connectivity index (χ2v) is 8.47. The van der Waals surface area contributed by atoms with Gasteiger partial charge in [0.25, 0.3) is 0 Å². The van der Waals surface area contributed by atoms with Crippen molar-refractivity contribution in [1.29, 1.82) is 0 Å². The summed E-state index contributed by atoms with van der Waals surface area (Å²) in [6.45, 7) is 3.50. The summed E-state index contributed by atoms with van der Waals surface area (Å²) in [6, 6.07) is 7.99. The fourth-order valence-electron chi connectivity index (χ4n) is 3.80. The molecule has 1 aromatic carbocycles. The number of benzene rings is 1. The molecule has 2 aromatic rings. The first-order chi connectivity index (χ1) is 15.2. The zero-order valence-corrected chi connectivity index (χ0v) is 19.1. The van der Waals surface area contributed by atoms with Crippen LogP contribution in [0.4, 0.5) is 15.9 Å². The highest BCUT2D eigenvalue weighted by Gasteiger charge is 2.26. The van der Waals surface area contributed by atoms with E-state index in [0.717, 1.165) is 36.7 Å². The van der Waals surface area contributed by atoms with Crippen molar-refractivity contribution < 1.29 is 14.0 Å². The molecule has 1 aliphatic rings. The molecule has 2 heterocycles. The summed E-state index contributed by atoms with van der Waals surface area (Å²) in [5.41, 5.74) is 0.956. The Hall–Kier alpha value is -3.07. The maximum Gasteiger partial charge on any atom is 0.238 e. The molecule has 2 amide bonds. The van der Waals surface area contributed by atoms with Crippen molar-refractivity contribution in [2.24, 2.45) is 0 Å². The van der Waals surface area contributed by atoms with Crippen LogP contribution in [0, 0.1) is 5.82 Å². The number of likely N-dealkylation sites (N-methyl/N-ethyl adjacent to an activating group) is 1. The zero-order chi connectivity index (χ0) is 23.3. The van der Waals surface area contributed by atoms with E-state index in [-0.39, 0.29) is 30.0 Å². The Morgan fingerprint density at radius 1 is 1.22 bits per heavy atom. The number of carbonyl (C=O) groups is 2. The molecule has 1 aliphatic heterocycles. The molecule has 1 fully saturated rings. The monoisotopic (exact) mass is 442 g/mol. The molecule has 3 rings (SSSR count). The molecule has 1 N–H and O–H groups in total. The number of nitrogens with zero attached hydrogens (tertiary/aromatic N) is 5. The maximum atomic E-state index is 13.8. The van der Waals surface area contributed by atoms with E-state index in [4.69, 9.17) is 9.97 Å². The third kappa shape index (κ3) is 6.23. The summed E-state index contributed by atoms with van der Waals surface area (Å²) in [6.07, 6.45) is 1.85. The van der Waals surface area contributed by atoms with Gasteiger partial charge in [-0.1, -0.05) is 12.1 Å². The molecule has 1 saturated heterocycles. The van der Waals surface area contributed by atoms with Crippen LogP contribution in [0.15, 0.2) is 30.3 Å². The van der Waals surface area contributed by atoms with Gasteiger partial charge in [-0.25, -0.2) is 14.4 Å². The first-order valence-corrected chi connectivity index (χ1v) is 10.8. The highest BCUT2D eigenvalue weighted by molar-refractivity contribution is 5.92. The Balaban J connectivity index is 1.70. The van der Waals surface area contributed by atoms with Crippen LogP contribution in [0.2, 0.25) is 0 Å². The number of amides is 2. The maximum absolute atomic E-state index is 13.8. The Morgan fingerprint density at radius 3 is 2.66 bits per heavy atom. The lowest BCUT2D eigenvalue weighted by Gasteiger charge is -2.31. The average Bonchev–Trinajstić information content (AvgIpc) is 2.75. The molecule has 0 aliphatic carbocycles. The molecule has 172 valence electrons.